The fraction of sp³-hybridized carbons (Fsp3) is 0.158. The zero-order valence-corrected chi connectivity index (χ0v) is 13.6. The lowest BCUT2D eigenvalue weighted by Gasteiger charge is -2.07. The molecule has 0 saturated heterocycles. The molecule has 0 aliphatic rings. The van der Waals surface area contributed by atoms with Gasteiger partial charge in [-0.3, -0.25) is 0 Å². The maximum absolute atomic E-state index is 12.8. The largest absolute Gasteiger partial charge is 0.490 e. The summed E-state index contributed by atoms with van der Waals surface area (Å²) in [5, 5.41) is 3.95. The normalized spacial score (nSPS) is 10.5. The molecule has 3 aromatic rings. The molecule has 0 unspecified atom stereocenters. The van der Waals surface area contributed by atoms with E-state index >= 15 is 0 Å². The van der Waals surface area contributed by atoms with E-state index in [2.05, 4.69) is 5.16 Å². The number of benzene rings is 2. The number of hydrogen-bond donors (Lipinski definition) is 0. The second-order valence-corrected chi connectivity index (χ2v) is 5.27. The van der Waals surface area contributed by atoms with Crippen LogP contribution in [-0.4, -0.2) is 24.3 Å². The molecule has 0 bridgehead atoms. The number of aromatic nitrogens is 1. The third kappa shape index (κ3) is 4.03. The van der Waals surface area contributed by atoms with Crippen LogP contribution >= 0.6 is 0 Å². The minimum atomic E-state index is -0.527. The van der Waals surface area contributed by atoms with Gasteiger partial charge in [0.05, 0.1) is 0 Å². The van der Waals surface area contributed by atoms with Crippen LogP contribution < -0.4 is 4.74 Å². The number of rotatable bonds is 6. The summed E-state index contributed by atoms with van der Waals surface area (Å²) < 4.78 is 28.6. The van der Waals surface area contributed by atoms with Gasteiger partial charge in [0.1, 0.15) is 41.8 Å². The first-order chi connectivity index (χ1) is 12.1. The summed E-state index contributed by atoms with van der Waals surface area (Å²) in [6.45, 7) is 1.86. The van der Waals surface area contributed by atoms with Crippen molar-refractivity contribution in [2.75, 3.05) is 13.2 Å². The molecule has 1 aromatic heterocycles. The van der Waals surface area contributed by atoms with E-state index in [1.165, 1.54) is 24.3 Å². The maximum Gasteiger partial charge on any atom is 0.344 e. The lowest BCUT2D eigenvalue weighted by molar-refractivity contribution is 0.0449. The summed E-state index contributed by atoms with van der Waals surface area (Å²) in [6.07, 6.45) is 0. The van der Waals surface area contributed by atoms with Crippen molar-refractivity contribution in [1.29, 1.82) is 0 Å². The Morgan fingerprint density at radius 2 is 1.80 bits per heavy atom. The van der Waals surface area contributed by atoms with Crippen molar-refractivity contribution in [2.45, 2.75) is 6.92 Å². The zero-order chi connectivity index (χ0) is 17.6. The van der Waals surface area contributed by atoms with Gasteiger partial charge < -0.3 is 14.0 Å². The van der Waals surface area contributed by atoms with E-state index in [4.69, 9.17) is 14.0 Å². The molecule has 3 rings (SSSR count). The number of carbonyl (C=O) groups is 1. The molecule has 2 aromatic carbocycles. The molecule has 0 spiro atoms. The molecule has 0 radical (unpaired) electrons. The Labute approximate surface area is 144 Å². The van der Waals surface area contributed by atoms with Crippen molar-refractivity contribution in [2.24, 2.45) is 0 Å². The predicted octanol–water partition coefficient (Wildman–Crippen LogP) is 4.02. The van der Waals surface area contributed by atoms with Crippen molar-refractivity contribution in [3.8, 4) is 17.0 Å². The lowest BCUT2D eigenvalue weighted by atomic mass is 10.1. The molecule has 25 heavy (non-hydrogen) atoms. The Balaban J connectivity index is 1.60. The van der Waals surface area contributed by atoms with Gasteiger partial charge >= 0.3 is 5.97 Å². The van der Waals surface area contributed by atoms with Gasteiger partial charge in [-0.15, -0.1) is 0 Å². The molecule has 0 saturated carbocycles. The monoisotopic (exact) mass is 341 g/mol. The van der Waals surface area contributed by atoms with E-state index in [9.17, 15) is 9.18 Å². The Morgan fingerprint density at radius 3 is 2.52 bits per heavy atom. The molecular formula is C19H16FNO4. The Morgan fingerprint density at radius 1 is 1.08 bits per heavy atom. The summed E-state index contributed by atoms with van der Waals surface area (Å²) in [4.78, 5) is 12.3. The molecule has 0 N–H and O–H groups in total. The number of hydrogen-bond acceptors (Lipinski definition) is 5. The fourth-order valence-electron chi connectivity index (χ4n) is 2.30. The first-order valence-electron chi connectivity index (χ1n) is 7.72. The number of esters is 1. The summed E-state index contributed by atoms with van der Waals surface area (Å²) in [5.41, 5.74) is 1.52. The van der Waals surface area contributed by atoms with Gasteiger partial charge in [-0.25, -0.2) is 9.18 Å². The predicted molar refractivity (Wildman–Crippen MR) is 88.9 cm³/mol. The highest BCUT2D eigenvalue weighted by atomic mass is 19.1. The topological polar surface area (TPSA) is 61.6 Å². The summed E-state index contributed by atoms with van der Waals surface area (Å²) in [6, 6.07) is 14.9. The summed E-state index contributed by atoms with van der Waals surface area (Å²) >= 11 is 0. The molecule has 0 aliphatic heterocycles. The van der Waals surface area contributed by atoms with E-state index in [0.717, 1.165) is 5.56 Å². The first-order valence-corrected chi connectivity index (χ1v) is 7.72. The Hall–Kier alpha value is -3.15. The SMILES string of the molecule is Cc1onc(-c2ccccc2)c1C(=O)OCCOc1ccc(F)cc1. The molecule has 128 valence electrons. The number of nitrogens with zero attached hydrogens (tertiary/aromatic N) is 1. The number of halogens is 1. The van der Waals surface area contributed by atoms with Crippen molar-refractivity contribution in [1.82, 2.24) is 5.16 Å². The van der Waals surface area contributed by atoms with Crippen molar-refractivity contribution in [3.63, 3.8) is 0 Å². The van der Waals surface area contributed by atoms with Crippen molar-refractivity contribution < 1.29 is 23.2 Å². The van der Waals surface area contributed by atoms with Gasteiger partial charge in [0.2, 0.25) is 0 Å². The van der Waals surface area contributed by atoms with E-state index in [1.54, 1.807) is 6.92 Å². The molecule has 0 fully saturated rings. The van der Waals surface area contributed by atoms with Gasteiger partial charge in [-0.05, 0) is 31.2 Å². The molecule has 0 aliphatic carbocycles. The third-order valence-electron chi connectivity index (χ3n) is 3.51. The second-order valence-electron chi connectivity index (χ2n) is 5.27. The highest BCUT2D eigenvalue weighted by Gasteiger charge is 2.22. The van der Waals surface area contributed by atoms with Crippen LogP contribution in [0.25, 0.3) is 11.3 Å². The zero-order valence-electron chi connectivity index (χ0n) is 13.6. The van der Waals surface area contributed by atoms with Gasteiger partial charge in [0.25, 0.3) is 0 Å². The van der Waals surface area contributed by atoms with Crippen LogP contribution in [0.1, 0.15) is 16.1 Å². The van der Waals surface area contributed by atoms with E-state index < -0.39 is 5.97 Å². The first kappa shape index (κ1) is 16.7. The van der Waals surface area contributed by atoms with Crippen LogP contribution in [0, 0.1) is 12.7 Å². The lowest BCUT2D eigenvalue weighted by Crippen LogP contribution is -2.13. The molecule has 0 atom stereocenters. The number of ether oxygens (including phenoxy) is 2. The van der Waals surface area contributed by atoms with Gasteiger partial charge in [0, 0.05) is 5.56 Å². The van der Waals surface area contributed by atoms with Gasteiger partial charge in [-0.1, -0.05) is 35.5 Å². The second kappa shape index (κ2) is 7.61. The Bertz CT molecular complexity index is 844. The van der Waals surface area contributed by atoms with Crippen molar-refractivity contribution in [3.05, 3.63) is 71.7 Å². The van der Waals surface area contributed by atoms with Crippen LogP contribution in [0.3, 0.4) is 0 Å². The van der Waals surface area contributed by atoms with Crippen molar-refractivity contribution >= 4 is 5.97 Å². The summed E-state index contributed by atoms with van der Waals surface area (Å²) in [5.74, 6) is 0.0300. The molecule has 6 heteroatoms. The molecule has 0 amide bonds. The van der Waals surface area contributed by atoms with Crippen LogP contribution in [-0.2, 0) is 4.74 Å². The quantitative estimate of drug-likeness (QED) is 0.500. The number of carbonyl (C=O) groups excluding carboxylic acids is 1. The standard InChI is InChI=1S/C19H16FNO4/c1-13-17(18(21-25-13)14-5-3-2-4-6-14)19(22)24-12-11-23-16-9-7-15(20)8-10-16/h2-10H,11-12H2,1H3. The third-order valence-corrected chi connectivity index (χ3v) is 3.51. The minimum Gasteiger partial charge on any atom is -0.490 e. The smallest absolute Gasteiger partial charge is 0.344 e. The van der Waals surface area contributed by atoms with Gasteiger partial charge in [-0.2, -0.15) is 0 Å². The van der Waals surface area contributed by atoms with E-state index in [0.29, 0.717) is 22.8 Å². The highest BCUT2D eigenvalue weighted by Crippen LogP contribution is 2.25. The van der Waals surface area contributed by atoms with Gasteiger partial charge in [0.15, 0.2) is 0 Å². The summed E-state index contributed by atoms with van der Waals surface area (Å²) in [7, 11) is 0. The Kier molecular flexibility index (Phi) is 5.09. The molecule has 1 heterocycles. The molecule has 5 nitrogen and oxygen atoms in total. The number of aryl methyl sites for hydroxylation is 1. The van der Waals surface area contributed by atoms with Crippen LogP contribution in [0.15, 0.2) is 59.1 Å². The highest BCUT2D eigenvalue weighted by molar-refractivity contribution is 5.97. The average molecular weight is 341 g/mol. The minimum absolute atomic E-state index is 0.0507. The fourth-order valence-corrected chi connectivity index (χ4v) is 2.30. The molecular weight excluding hydrogens is 325 g/mol. The van der Waals surface area contributed by atoms with Crippen LogP contribution in [0.2, 0.25) is 0 Å². The van der Waals surface area contributed by atoms with Crippen LogP contribution in [0.4, 0.5) is 4.39 Å². The van der Waals surface area contributed by atoms with E-state index in [-0.39, 0.29) is 19.0 Å². The average Bonchev–Trinajstić information content (AvgIpc) is 3.02. The maximum atomic E-state index is 12.8. The van der Waals surface area contributed by atoms with Crippen LogP contribution in [0.5, 0.6) is 5.75 Å². The van der Waals surface area contributed by atoms with E-state index in [1.807, 2.05) is 30.3 Å².